The summed E-state index contributed by atoms with van der Waals surface area (Å²) < 4.78 is 5.52. The third-order valence-corrected chi connectivity index (χ3v) is 2.95. The average molecular weight is 338 g/mol. The number of carbonyl (C=O) groups excluding carboxylic acids is 2. The first-order valence-electron chi connectivity index (χ1n) is 6.15. The van der Waals surface area contributed by atoms with Gasteiger partial charge in [0.15, 0.2) is 0 Å². The van der Waals surface area contributed by atoms with Crippen molar-refractivity contribution in [2.45, 2.75) is 13.8 Å². The third kappa shape index (κ3) is 5.01. The molecular formula is C15H16BrNO3. The molecule has 106 valence electrons. The molecule has 0 unspecified atom stereocenters. The fourth-order valence-corrected chi connectivity index (χ4v) is 1.86. The molecule has 0 fully saturated rings. The van der Waals surface area contributed by atoms with E-state index in [4.69, 9.17) is 4.74 Å². The van der Waals surface area contributed by atoms with Crippen LogP contribution in [-0.4, -0.2) is 18.5 Å². The van der Waals surface area contributed by atoms with Crippen LogP contribution in [0.1, 0.15) is 24.2 Å². The number of allylic oxidation sites excluding steroid dienone is 3. The fourth-order valence-electron chi connectivity index (χ4n) is 1.39. The van der Waals surface area contributed by atoms with Crippen molar-refractivity contribution in [1.29, 1.82) is 0 Å². The number of amides is 1. The van der Waals surface area contributed by atoms with Gasteiger partial charge in [-0.25, -0.2) is 4.79 Å². The lowest BCUT2D eigenvalue weighted by Gasteiger charge is -2.07. The number of anilines is 1. The number of carbonyl (C=O) groups is 2. The largest absolute Gasteiger partial charge is 0.462 e. The Labute approximate surface area is 126 Å². The number of esters is 1. The van der Waals surface area contributed by atoms with Gasteiger partial charge in [0.2, 0.25) is 5.91 Å². The predicted molar refractivity (Wildman–Crippen MR) is 82.7 cm³/mol. The lowest BCUT2D eigenvalue weighted by Crippen LogP contribution is -2.09. The number of ether oxygens (including phenoxy) is 1. The molecule has 1 amide bonds. The summed E-state index contributed by atoms with van der Waals surface area (Å²) in [6.07, 6.45) is 6.66. The number of halogens is 1. The Morgan fingerprint density at radius 1 is 1.35 bits per heavy atom. The maximum atomic E-state index is 11.6. The Kier molecular flexibility index (Phi) is 6.73. The first-order chi connectivity index (χ1) is 9.58. The van der Waals surface area contributed by atoms with Crippen LogP contribution >= 0.6 is 15.9 Å². The fraction of sp³-hybridized carbons (Fsp3) is 0.200. The summed E-state index contributed by atoms with van der Waals surface area (Å²) in [7, 11) is 0. The van der Waals surface area contributed by atoms with Gasteiger partial charge >= 0.3 is 5.97 Å². The summed E-state index contributed by atoms with van der Waals surface area (Å²) in [5.74, 6) is -0.633. The van der Waals surface area contributed by atoms with Crippen LogP contribution in [0.5, 0.6) is 0 Å². The van der Waals surface area contributed by atoms with Crippen LogP contribution in [0, 0.1) is 0 Å². The van der Waals surface area contributed by atoms with Crippen LogP contribution in [0.2, 0.25) is 0 Å². The Balaban J connectivity index is 2.78. The van der Waals surface area contributed by atoms with Gasteiger partial charge in [0.05, 0.1) is 17.9 Å². The molecule has 1 N–H and O–H groups in total. The van der Waals surface area contributed by atoms with Gasteiger partial charge < -0.3 is 10.1 Å². The first kappa shape index (κ1) is 16.2. The molecule has 5 heteroatoms. The Bertz CT molecular complexity index is 550. The zero-order valence-electron chi connectivity index (χ0n) is 11.4. The lowest BCUT2D eigenvalue weighted by atomic mass is 10.2. The molecule has 4 nitrogen and oxygen atoms in total. The van der Waals surface area contributed by atoms with E-state index in [0.717, 1.165) is 0 Å². The summed E-state index contributed by atoms with van der Waals surface area (Å²) in [5.41, 5.74) is 1.02. The molecule has 0 saturated carbocycles. The van der Waals surface area contributed by atoms with E-state index in [1.165, 1.54) is 6.08 Å². The SMILES string of the molecule is C/C=C/C=C/C(=O)Nc1ccc(C(=O)OCC)cc1Br. The highest BCUT2D eigenvalue weighted by Crippen LogP contribution is 2.24. The van der Waals surface area contributed by atoms with Gasteiger partial charge in [0, 0.05) is 10.5 Å². The van der Waals surface area contributed by atoms with Crippen molar-refractivity contribution < 1.29 is 14.3 Å². The Morgan fingerprint density at radius 3 is 2.70 bits per heavy atom. The molecule has 20 heavy (non-hydrogen) atoms. The number of benzene rings is 1. The Morgan fingerprint density at radius 2 is 2.10 bits per heavy atom. The molecule has 0 radical (unpaired) electrons. The van der Waals surface area contributed by atoms with Gasteiger partial charge in [-0.05, 0) is 48.0 Å². The second-order valence-electron chi connectivity index (χ2n) is 3.79. The summed E-state index contributed by atoms with van der Waals surface area (Å²) in [4.78, 5) is 23.2. The van der Waals surface area contributed by atoms with Gasteiger partial charge in [-0.1, -0.05) is 18.2 Å². The highest BCUT2D eigenvalue weighted by atomic mass is 79.9. The van der Waals surface area contributed by atoms with Crippen molar-refractivity contribution in [1.82, 2.24) is 0 Å². The molecule has 0 aromatic heterocycles. The van der Waals surface area contributed by atoms with Crippen LogP contribution < -0.4 is 5.32 Å². The van der Waals surface area contributed by atoms with E-state index in [0.29, 0.717) is 22.3 Å². The molecule has 1 rings (SSSR count). The van der Waals surface area contributed by atoms with Crippen molar-refractivity contribution in [2.75, 3.05) is 11.9 Å². The molecule has 1 aromatic rings. The van der Waals surface area contributed by atoms with E-state index in [9.17, 15) is 9.59 Å². The van der Waals surface area contributed by atoms with Crippen molar-refractivity contribution in [3.05, 3.63) is 52.5 Å². The lowest BCUT2D eigenvalue weighted by molar-refractivity contribution is -0.111. The van der Waals surface area contributed by atoms with Crippen LogP contribution in [0.4, 0.5) is 5.69 Å². The average Bonchev–Trinajstić information content (AvgIpc) is 2.41. The third-order valence-electron chi connectivity index (χ3n) is 2.29. The minimum atomic E-state index is -0.390. The van der Waals surface area contributed by atoms with E-state index in [-0.39, 0.29) is 11.9 Å². The minimum absolute atomic E-state index is 0.243. The maximum Gasteiger partial charge on any atom is 0.338 e. The van der Waals surface area contributed by atoms with Gasteiger partial charge in [0.25, 0.3) is 0 Å². The molecule has 0 atom stereocenters. The van der Waals surface area contributed by atoms with Crippen molar-refractivity contribution in [3.8, 4) is 0 Å². The highest BCUT2D eigenvalue weighted by Gasteiger charge is 2.10. The van der Waals surface area contributed by atoms with E-state index >= 15 is 0 Å². The standard InChI is InChI=1S/C15H16BrNO3/c1-3-5-6-7-14(18)17-13-9-8-11(10-12(13)16)15(19)20-4-2/h3,5-10H,4H2,1-2H3,(H,17,18)/b5-3+,7-6+. The zero-order valence-corrected chi connectivity index (χ0v) is 12.9. The molecule has 0 aliphatic carbocycles. The van der Waals surface area contributed by atoms with Crippen molar-refractivity contribution in [2.24, 2.45) is 0 Å². The van der Waals surface area contributed by atoms with Crippen LogP contribution in [0.15, 0.2) is 47.0 Å². The smallest absolute Gasteiger partial charge is 0.338 e. The normalized spacial score (nSPS) is 10.9. The van der Waals surface area contributed by atoms with Crippen LogP contribution in [-0.2, 0) is 9.53 Å². The molecule has 0 aliphatic heterocycles. The molecule has 0 heterocycles. The molecular weight excluding hydrogens is 322 g/mol. The van der Waals surface area contributed by atoms with Crippen molar-refractivity contribution >= 4 is 33.5 Å². The van der Waals surface area contributed by atoms with E-state index in [1.54, 1.807) is 37.3 Å². The highest BCUT2D eigenvalue weighted by molar-refractivity contribution is 9.10. The molecule has 0 aliphatic rings. The van der Waals surface area contributed by atoms with E-state index in [2.05, 4.69) is 21.2 Å². The van der Waals surface area contributed by atoms with E-state index in [1.807, 2.05) is 13.0 Å². The van der Waals surface area contributed by atoms with Crippen LogP contribution in [0.25, 0.3) is 0 Å². The number of hydrogen-bond donors (Lipinski definition) is 1. The second-order valence-corrected chi connectivity index (χ2v) is 4.64. The van der Waals surface area contributed by atoms with Gasteiger partial charge in [0.1, 0.15) is 0 Å². The minimum Gasteiger partial charge on any atom is -0.462 e. The second kappa shape index (κ2) is 8.32. The molecule has 0 bridgehead atoms. The van der Waals surface area contributed by atoms with Crippen LogP contribution in [0.3, 0.4) is 0 Å². The monoisotopic (exact) mass is 337 g/mol. The number of rotatable bonds is 5. The summed E-state index contributed by atoms with van der Waals surface area (Å²) in [5, 5.41) is 2.71. The summed E-state index contributed by atoms with van der Waals surface area (Å²) in [6, 6.07) is 4.87. The van der Waals surface area contributed by atoms with Gasteiger partial charge in [-0.3, -0.25) is 4.79 Å². The quantitative estimate of drug-likeness (QED) is 0.506. The maximum absolute atomic E-state index is 11.6. The number of nitrogens with one attached hydrogen (secondary N) is 1. The van der Waals surface area contributed by atoms with Crippen molar-refractivity contribution in [3.63, 3.8) is 0 Å². The first-order valence-corrected chi connectivity index (χ1v) is 6.94. The summed E-state index contributed by atoms with van der Waals surface area (Å²) >= 11 is 3.32. The predicted octanol–water partition coefficient (Wildman–Crippen LogP) is 3.70. The Hall–Kier alpha value is -1.88. The molecule has 0 spiro atoms. The van der Waals surface area contributed by atoms with E-state index < -0.39 is 0 Å². The number of hydrogen-bond acceptors (Lipinski definition) is 3. The molecule has 0 saturated heterocycles. The van der Waals surface area contributed by atoms with Gasteiger partial charge in [-0.2, -0.15) is 0 Å². The summed E-state index contributed by atoms with van der Waals surface area (Å²) in [6.45, 7) is 3.94. The molecule has 1 aromatic carbocycles. The van der Waals surface area contributed by atoms with Gasteiger partial charge in [-0.15, -0.1) is 0 Å². The topological polar surface area (TPSA) is 55.4 Å². The zero-order chi connectivity index (χ0) is 15.0.